The largest absolute Gasteiger partial charge is 0.397 e. The Kier molecular flexibility index (Phi) is 11.2. The van der Waals surface area contributed by atoms with Gasteiger partial charge in [-0.3, -0.25) is 4.55 Å². The molecule has 14 heteroatoms. The third kappa shape index (κ3) is 6.91. The van der Waals surface area contributed by atoms with Gasteiger partial charge in [0, 0.05) is 12.3 Å². The summed E-state index contributed by atoms with van der Waals surface area (Å²) in [5, 5.41) is 76.3. The average Bonchev–Trinajstić information content (AvgIpc) is 3.20. The predicted molar refractivity (Wildman–Crippen MR) is 172 cm³/mol. The molecule has 1 saturated heterocycles. The molecule has 1 aliphatic heterocycles. The minimum atomic E-state index is -5.01. The van der Waals surface area contributed by atoms with Crippen LogP contribution in [-0.4, -0.2) is 117 Å². The van der Waals surface area contributed by atoms with Gasteiger partial charge in [0.05, 0.1) is 37.1 Å². The van der Waals surface area contributed by atoms with Crippen LogP contribution in [0.5, 0.6) is 0 Å². The molecule has 8 N–H and O–H groups in total. The monoisotopic (exact) mass is 706 g/mol. The Bertz CT molecular complexity index is 1260. The summed E-state index contributed by atoms with van der Waals surface area (Å²) in [5.74, 6) is -2.18. The van der Waals surface area contributed by atoms with Crippen molar-refractivity contribution in [3.8, 4) is 0 Å². The lowest BCUT2D eigenvalue weighted by atomic mass is 9.42. The Labute approximate surface area is 284 Å². The van der Waals surface area contributed by atoms with Gasteiger partial charge in [-0.1, -0.05) is 46.8 Å². The SMILES string of the molecule is CC(C)C(C=CC(C)C1C(O)C(OS(=O)(=O)O)C2C1(C)CCC1C3(C)CCC(O)CC3C(O)CC12O)CCOC1OCC(O)C(O)C1O. The lowest BCUT2D eigenvalue weighted by Gasteiger charge is -2.65. The van der Waals surface area contributed by atoms with E-state index in [4.69, 9.17) is 13.7 Å². The molecule has 17 unspecified atom stereocenters. The van der Waals surface area contributed by atoms with E-state index in [1.165, 1.54) is 0 Å². The first-order valence-corrected chi connectivity index (χ1v) is 19.0. The minimum absolute atomic E-state index is 0.00246. The van der Waals surface area contributed by atoms with Gasteiger partial charge in [0.1, 0.15) is 24.4 Å². The molecule has 13 nitrogen and oxygen atoms in total. The highest BCUT2D eigenvalue weighted by atomic mass is 32.3. The lowest BCUT2D eigenvalue weighted by Crippen LogP contribution is -2.69. The third-order valence-corrected chi connectivity index (χ3v) is 13.8. The molecule has 1 heterocycles. The number of fused-ring (bicyclic) bond motifs is 5. The smallest absolute Gasteiger partial charge is 0.393 e. The van der Waals surface area contributed by atoms with Crippen molar-refractivity contribution in [1.82, 2.24) is 0 Å². The lowest BCUT2D eigenvalue weighted by molar-refractivity contribution is -0.270. The standard InChI is InChI=1S/C34H58O13S/c1-17(2)19(10-13-45-31-28(40)26(38)23(37)16-46-31)7-6-18(3)25-27(39)29(47-48(42,43)44)30-33(25,5)12-9-24-32(4)11-8-20(35)14-21(32)22(36)15-34(24,30)41/h6-7,17-31,35-41H,8-16H2,1-5H3,(H,42,43,44). The second kappa shape index (κ2) is 14.0. The van der Waals surface area contributed by atoms with E-state index in [-0.39, 0.29) is 49.2 Å². The molecule has 0 spiro atoms. The van der Waals surface area contributed by atoms with Gasteiger partial charge in [-0.2, -0.15) is 8.42 Å². The molecule has 48 heavy (non-hydrogen) atoms. The van der Waals surface area contributed by atoms with Gasteiger partial charge in [-0.05, 0) is 84.9 Å². The van der Waals surface area contributed by atoms with Crippen LogP contribution in [0, 0.1) is 52.3 Å². The Morgan fingerprint density at radius 2 is 1.58 bits per heavy atom. The molecule has 5 rings (SSSR count). The molecule has 0 radical (unpaired) electrons. The maximum Gasteiger partial charge on any atom is 0.397 e. The normalized spacial score (nSPS) is 49.4. The van der Waals surface area contributed by atoms with Crippen LogP contribution in [0.2, 0.25) is 0 Å². The average molecular weight is 707 g/mol. The number of ether oxygens (including phenoxy) is 2. The Morgan fingerprint density at radius 1 is 0.917 bits per heavy atom. The molecular weight excluding hydrogens is 648 g/mol. The van der Waals surface area contributed by atoms with Gasteiger partial charge < -0.3 is 45.2 Å². The Morgan fingerprint density at radius 3 is 2.23 bits per heavy atom. The van der Waals surface area contributed by atoms with Crippen molar-refractivity contribution in [2.75, 3.05) is 13.2 Å². The van der Waals surface area contributed by atoms with Gasteiger partial charge >= 0.3 is 10.4 Å². The van der Waals surface area contributed by atoms with Crippen LogP contribution >= 0.6 is 0 Å². The zero-order chi connectivity index (χ0) is 35.6. The zero-order valence-corrected chi connectivity index (χ0v) is 29.5. The summed E-state index contributed by atoms with van der Waals surface area (Å²) < 4.78 is 50.5. The van der Waals surface area contributed by atoms with Crippen LogP contribution in [-0.2, 0) is 24.1 Å². The van der Waals surface area contributed by atoms with E-state index >= 15 is 0 Å². The van der Waals surface area contributed by atoms with E-state index in [1.54, 1.807) is 0 Å². The molecule has 4 aliphatic carbocycles. The van der Waals surface area contributed by atoms with E-state index in [1.807, 2.05) is 46.8 Å². The third-order valence-electron chi connectivity index (χ3n) is 13.3. The molecule has 0 aromatic rings. The highest BCUT2D eigenvalue weighted by molar-refractivity contribution is 7.80. The van der Waals surface area contributed by atoms with Crippen LogP contribution < -0.4 is 0 Å². The zero-order valence-electron chi connectivity index (χ0n) is 28.7. The second-order valence-electron chi connectivity index (χ2n) is 16.4. The highest BCUT2D eigenvalue weighted by Gasteiger charge is 2.73. The fraction of sp³-hybridized carbons (Fsp3) is 0.941. The van der Waals surface area contributed by atoms with Gasteiger partial charge in [-0.15, -0.1) is 0 Å². The van der Waals surface area contributed by atoms with Crippen LogP contribution in [0.3, 0.4) is 0 Å². The fourth-order valence-corrected chi connectivity index (χ4v) is 11.5. The van der Waals surface area contributed by atoms with Crippen LogP contribution in [0.15, 0.2) is 12.2 Å². The molecule has 5 fully saturated rings. The summed E-state index contributed by atoms with van der Waals surface area (Å²) in [6.45, 7) is 10.1. The van der Waals surface area contributed by atoms with Crippen LogP contribution in [0.1, 0.15) is 79.6 Å². The Hall–Kier alpha value is -0.750. The summed E-state index contributed by atoms with van der Waals surface area (Å²) in [4.78, 5) is 0. The fourth-order valence-electron chi connectivity index (χ4n) is 11.0. The van der Waals surface area contributed by atoms with Crippen molar-refractivity contribution in [1.29, 1.82) is 0 Å². The number of hydrogen-bond donors (Lipinski definition) is 8. The van der Waals surface area contributed by atoms with Crippen molar-refractivity contribution in [3.63, 3.8) is 0 Å². The molecule has 0 aromatic heterocycles. The first-order chi connectivity index (χ1) is 22.2. The summed E-state index contributed by atoms with van der Waals surface area (Å²) in [6, 6.07) is 0. The van der Waals surface area contributed by atoms with Gasteiger partial charge in [0.2, 0.25) is 0 Å². The molecule has 278 valence electrons. The quantitative estimate of drug-likeness (QED) is 0.118. The molecule has 4 saturated carbocycles. The van der Waals surface area contributed by atoms with Crippen molar-refractivity contribution in [3.05, 3.63) is 12.2 Å². The van der Waals surface area contributed by atoms with E-state index in [9.17, 15) is 48.7 Å². The minimum Gasteiger partial charge on any atom is -0.393 e. The molecule has 0 amide bonds. The van der Waals surface area contributed by atoms with E-state index in [0.717, 1.165) is 0 Å². The Balaban J connectivity index is 1.38. The molecular formula is C34H58O13S. The number of aliphatic hydroxyl groups excluding tert-OH is 6. The number of aliphatic hydroxyl groups is 7. The maximum atomic E-state index is 12.7. The van der Waals surface area contributed by atoms with Gasteiger partial charge in [-0.25, -0.2) is 4.18 Å². The van der Waals surface area contributed by atoms with E-state index in [0.29, 0.717) is 38.5 Å². The second-order valence-corrected chi connectivity index (χ2v) is 17.5. The topological polar surface area (TPSA) is 224 Å². The first-order valence-electron chi connectivity index (χ1n) is 17.6. The van der Waals surface area contributed by atoms with Gasteiger partial charge in [0.25, 0.3) is 0 Å². The number of hydrogen-bond acceptors (Lipinski definition) is 12. The van der Waals surface area contributed by atoms with Crippen molar-refractivity contribution >= 4 is 10.4 Å². The molecule has 17 atom stereocenters. The van der Waals surface area contributed by atoms with Crippen molar-refractivity contribution < 1.29 is 62.4 Å². The summed E-state index contributed by atoms with van der Waals surface area (Å²) in [5.41, 5.74) is -2.94. The van der Waals surface area contributed by atoms with E-state index < -0.39 is 87.7 Å². The van der Waals surface area contributed by atoms with E-state index in [2.05, 4.69) is 0 Å². The predicted octanol–water partition coefficient (Wildman–Crippen LogP) is 1.17. The number of rotatable bonds is 10. The summed E-state index contributed by atoms with van der Waals surface area (Å²) in [6.07, 6.45) is -2.09. The molecule has 0 aromatic carbocycles. The van der Waals surface area contributed by atoms with Crippen LogP contribution in [0.25, 0.3) is 0 Å². The maximum absolute atomic E-state index is 12.7. The highest BCUT2D eigenvalue weighted by Crippen LogP contribution is 2.70. The molecule has 0 bridgehead atoms. The van der Waals surface area contributed by atoms with Crippen molar-refractivity contribution in [2.24, 2.45) is 52.3 Å². The van der Waals surface area contributed by atoms with Crippen LogP contribution in [0.4, 0.5) is 0 Å². The first kappa shape index (κ1) is 38.5. The summed E-state index contributed by atoms with van der Waals surface area (Å²) in [7, 11) is -5.01. The van der Waals surface area contributed by atoms with Crippen molar-refractivity contribution in [2.45, 2.75) is 134 Å². The summed E-state index contributed by atoms with van der Waals surface area (Å²) >= 11 is 0. The van der Waals surface area contributed by atoms with Gasteiger partial charge in [0.15, 0.2) is 6.29 Å². The number of allylic oxidation sites excluding steroid dienone is 2. The molecule has 5 aliphatic rings.